The van der Waals surface area contributed by atoms with Gasteiger partial charge in [0.05, 0.1) is 11.9 Å². The molecule has 3 N–H and O–H groups in total. The lowest BCUT2D eigenvalue weighted by atomic mass is 10.2. The number of halogens is 2. The molecule has 0 spiro atoms. The minimum absolute atomic E-state index is 0.0131. The van der Waals surface area contributed by atoms with Crippen molar-refractivity contribution in [2.75, 3.05) is 18.4 Å². The molecule has 10 heteroatoms. The minimum atomic E-state index is -0.954. The number of rotatable bonds is 5. The van der Waals surface area contributed by atoms with E-state index in [0.717, 1.165) is 18.3 Å². The molecule has 0 saturated heterocycles. The first-order chi connectivity index (χ1) is 12.6. The van der Waals surface area contributed by atoms with E-state index in [4.69, 9.17) is 4.74 Å². The van der Waals surface area contributed by atoms with Crippen LogP contribution in [-0.2, 0) is 4.74 Å². The Morgan fingerprint density at radius 1 is 1.22 bits per heavy atom. The van der Waals surface area contributed by atoms with E-state index in [1.54, 1.807) is 20.8 Å². The molecule has 0 bridgehead atoms. The Morgan fingerprint density at radius 2 is 1.85 bits per heavy atom. The van der Waals surface area contributed by atoms with Crippen LogP contribution in [0.1, 0.15) is 20.8 Å². The van der Waals surface area contributed by atoms with Crippen LogP contribution in [0.15, 0.2) is 29.2 Å². The predicted octanol–water partition coefficient (Wildman–Crippen LogP) is 2.15. The highest BCUT2D eigenvalue weighted by Crippen LogP contribution is 2.18. The molecule has 0 aliphatic rings. The van der Waals surface area contributed by atoms with Crippen LogP contribution in [0, 0.1) is 11.6 Å². The molecular formula is C17H20F2N4O4. The van der Waals surface area contributed by atoms with Crippen LogP contribution in [0.3, 0.4) is 0 Å². The summed E-state index contributed by atoms with van der Waals surface area (Å²) < 4.78 is 32.3. The summed E-state index contributed by atoms with van der Waals surface area (Å²) in [7, 11) is 0. The van der Waals surface area contributed by atoms with Crippen LogP contribution in [0.2, 0.25) is 0 Å². The maximum absolute atomic E-state index is 13.3. The van der Waals surface area contributed by atoms with Crippen LogP contribution in [0.5, 0.6) is 5.75 Å². The van der Waals surface area contributed by atoms with Crippen molar-refractivity contribution in [1.82, 2.24) is 15.1 Å². The van der Waals surface area contributed by atoms with E-state index in [2.05, 4.69) is 15.7 Å². The monoisotopic (exact) mass is 382 g/mol. The van der Waals surface area contributed by atoms with Gasteiger partial charge in [0.1, 0.15) is 22.9 Å². The van der Waals surface area contributed by atoms with Crippen molar-refractivity contribution in [3.63, 3.8) is 0 Å². The average molecular weight is 382 g/mol. The van der Waals surface area contributed by atoms with E-state index in [-0.39, 0.29) is 24.5 Å². The second-order valence-corrected chi connectivity index (χ2v) is 6.61. The molecule has 0 aliphatic heterocycles. The largest absolute Gasteiger partial charge is 0.501 e. The molecule has 146 valence electrons. The van der Waals surface area contributed by atoms with Gasteiger partial charge < -0.3 is 20.5 Å². The molecule has 0 radical (unpaired) electrons. The van der Waals surface area contributed by atoms with E-state index in [0.29, 0.717) is 10.7 Å². The van der Waals surface area contributed by atoms with E-state index in [9.17, 15) is 23.5 Å². The number of amides is 1. The van der Waals surface area contributed by atoms with Gasteiger partial charge in [0.15, 0.2) is 0 Å². The fourth-order valence-electron chi connectivity index (χ4n) is 2.10. The molecule has 1 amide bonds. The highest BCUT2D eigenvalue weighted by atomic mass is 19.1. The van der Waals surface area contributed by atoms with E-state index >= 15 is 0 Å². The lowest BCUT2D eigenvalue weighted by molar-refractivity contribution is 0.0530. The van der Waals surface area contributed by atoms with Gasteiger partial charge in [0.25, 0.3) is 0 Å². The van der Waals surface area contributed by atoms with Gasteiger partial charge in [0, 0.05) is 19.2 Å². The molecule has 0 fully saturated rings. The number of anilines is 1. The number of hydrogen-bond acceptors (Lipinski definition) is 6. The van der Waals surface area contributed by atoms with Gasteiger partial charge in [-0.25, -0.2) is 13.6 Å². The number of carbonyl (C=O) groups is 1. The van der Waals surface area contributed by atoms with Crippen molar-refractivity contribution in [3.8, 4) is 11.4 Å². The van der Waals surface area contributed by atoms with Crippen molar-refractivity contribution >= 4 is 11.8 Å². The van der Waals surface area contributed by atoms with Gasteiger partial charge in [-0.2, -0.15) is 9.78 Å². The number of nitrogens with one attached hydrogen (secondary N) is 2. The maximum Gasteiger partial charge on any atom is 0.407 e. The first-order valence-electron chi connectivity index (χ1n) is 8.05. The van der Waals surface area contributed by atoms with Crippen LogP contribution < -0.4 is 16.2 Å². The van der Waals surface area contributed by atoms with Crippen molar-refractivity contribution in [2.24, 2.45) is 0 Å². The lowest BCUT2D eigenvalue weighted by Gasteiger charge is -2.19. The summed E-state index contributed by atoms with van der Waals surface area (Å²) >= 11 is 0. The maximum atomic E-state index is 13.3. The number of nitrogens with zero attached hydrogens (tertiary/aromatic N) is 2. The zero-order valence-electron chi connectivity index (χ0n) is 15.0. The summed E-state index contributed by atoms with van der Waals surface area (Å²) in [5.41, 5.74) is -1.73. The van der Waals surface area contributed by atoms with Gasteiger partial charge in [0.2, 0.25) is 5.75 Å². The third-order valence-corrected chi connectivity index (χ3v) is 3.15. The predicted molar refractivity (Wildman–Crippen MR) is 94.1 cm³/mol. The highest BCUT2D eigenvalue weighted by molar-refractivity contribution is 5.67. The van der Waals surface area contributed by atoms with Crippen molar-refractivity contribution < 1.29 is 23.4 Å². The number of benzene rings is 1. The van der Waals surface area contributed by atoms with Crippen LogP contribution in [0.4, 0.5) is 19.3 Å². The number of aromatic nitrogens is 2. The molecule has 0 saturated carbocycles. The van der Waals surface area contributed by atoms with E-state index < -0.39 is 34.6 Å². The van der Waals surface area contributed by atoms with Crippen LogP contribution >= 0.6 is 0 Å². The molecule has 2 rings (SSSR count). The zero-order valence-corrected chi connectivity index (χ0v) is 15.0. The topological polar surface area (TPSA) is 105 Å². The molecular weight excluding hydrogens is 362 g/mol. The quantitative estimate of drug-likeness (QED) is 0.685. The van der Waals surface area contributed by atoms with Gasteiger partial charge in [-0.05, 0) is 32.9 Å². The van der Waals surface area contributed by atoms with Crippen LogP contribution in [0.25, 0.3) is 5.69 Å². The number of ether oxygens (including phenoxy) is 1. The summed E-state index contributed by atoms with van der Waals surface area (Å²) in [6.45, 7) is 5.52. The molecule has 1 heterocycles. The van der Waals surface area contributed by atoms with Crippen molar-refractivity contribution in [2.45, 2.75) is 26.4 Å². The van der Waals surface area contributed by atoms with Crippen molar-refractivity contribution in [3.05, 3.63) is 46.4 Å². The number of alkyl carbamates (subject to hydrolysis) is 1. The Balaban J connectivity index is 2.03. The Hall–Kier alpha value is -3.17. The zero-order chi connectivity index (χ0) is 20.2. The Morgan fingerprint density at radius 3 is 2.44 bits per heavy atom. The van der Waals surface area contributed by atoms with Gasteiger partial charge in [-0.3, -0.25) is 4.79 Å². The number of aromatic hydroxyl groups is 1. The Bertz CT molecular complexity index is 873. The molecule has 0 atom stereocenters. The fraction of sp³-hybridized carbons (Fsp3) is 0.353. The fourth-order valence-corrected chi connectivity index (χ4v) is 2.10. The molecule has 0 unspecified atom stereocenters. The second kappa shape index (κ2) is 8.02. The lowest BCUT2D eigenvalue weighted by Crippen LogP contribution is -2.35. The average Bonchev–Trinajstić information content (AvgIpc) is 2.52. The smallest absolute Gasteiger partial charge is 0.407 e. The number of hydrogen-bond donors (Lipinski definition) is 3. The van der Waals surface area contributed by atoms with Gasteiger partial charge in [-0.1, -0.05) is 0 Å². The third kappa shape index (κ3) is 5.66. The molecule has 1 aromatic carbocycles. The summed E-state index contributed by atoms with van der Waals surface area (Å²) in [6.07, 6.45) is 0.530. The third-order valence-electron chi connectivity index (χ3n) is 3.15. The molecule has 27 heavy (non-hydrogen) atoms. The Kier molecular flexibility index (Phi) is 5.98. The highest BCUT2D eigenvalue weighted by Gasteiger charge is 2.16. The Labute approximate surface area is 153 Å². The summed E-state index contributed by atoms with van der Waals surface area (Å²) in [6, 6.07) is 2.48. The van der Waals surface area contributed by atoms with Gasteiger partial charge >= 0.3 is 11.7 Å². The van der Waals surface area contributed by atoms with E-state index in [1.165, 1.54) is 0 Å². The minimum Gasteiger partial charge on any atom is -0.501 e. The molecule has 8 nitrogen and oxygen atoms in total. The van der Waals surface area contributed by atoms with Crippen LogP contribution in [-0.4, -0.2) is 39.7 Å². The number of carbonyl (C=O) groups excluding carboxylic acids is 1. The van der Waals surface area contributed by atoms with E-state index in [1.807, 2.05) is 0 Å². The molecule has 0 aliphatic carbocycles. The standard InChI is InChI=1S/C17H20F2N4O4/c1-17(2,3)27-16(26)21-5-4-20-13-9-22-23(15(25)14(13)24)12-7-10(18)6-11(19)8-12/h6-9,20,24H,4-5H2,1-3H3,(H,21,26). The first-order valence-corrected chi connectivity index (χ1v) is 8.05. The summed E-state index contributed by atoms with van der Waals surface area (Å²) in [5.74, 6) is -2.44. The first kappa shape index (κ1) is 20.1. The SMILES string of the molecule is CC(C)(C)OC(=O)NCCNc1cnn(-c2cc(F)cc(F)c2)c(=O)c1O. The van der Waals surface area contributed by atoms with Gasteiger partial charge in [-0.15, -0.1) is 0 Å². The molecule has 1 aromatic heterocycles. The summed E-state index contributed by atoms with van der Waals surface area (Å²) in [4.78, 5) is 23.7. The second-order valence-electron chi connectivity index (χ2n) is 6.61. The van der Waals surface area contributed by atoms with Crippen molar-refractivity contribution in [1.29, 1.82) is 0 Å². The normalized spacial score (nSPS) is 11.1. The molecule has 2 aromatic rings. The summed E-state index contributed by atoms with van der Waals surface area (Å²) in [5, 5.41) is 19.0.